The number of anilines is 1. The summed E-state index contributed by atoms with van der Waals surface area (Å²) in [5.41, 5.74) is 1.11. The first-order chi connectivity index (χ1) is 10.1. The van der Waals surface area contributed by atoms with E-state index < -0.39 is 0 Å². The number of hydrogen-bond donors (Lipinski definition) is 1. The van der Waals surface area contributed by atoms with Gasteiger partial charge in [0.05, 0.1) is 11.8 Å². The third-order valence-electron chi connectivity index (χ3n) is 4.17. The largest absolute Gasteiger partial charge is 0.379 e. The molecule has 1 saturated heterocycles. The molecule has 0 amide bonds. The van der Waals surface area contributed by atoms with E-state index in [-0.39, 0.29) is 0 Å². The Hall–Kier alpha value is -1.13. The number of pyridine rings is 1. The molecule has 0 aliphatic carbocycles. The van der Waals surface area contributed by atoms with E-state index in [0.29, 0.717) is 17.9 Å². The fourth-order valence-corrected chi connectivity index (χ4v) is 2.78. The van der Waals surface area contributed by atoms with Crippen LogP contribution in [0.25, 0.3) is 0 Å². The van der Waals surface area contributed by atoms with Crippen LogP contribution in [0, 0.1) is 11.8 Å². The highest BCUT2D eigenvalue weighted by Gasteiger charge is 2.26. The molecule has 21 heavy (non-hydrogen) atoms. The molecule has 2 atom stereocenters. The number of ether oxygens (including phenoxy) is 1. The number of piperidine rings is 1. The van der Waals surface area contributed by atoms with Crippen LogP contribution in [0.2, 0.25) is 0 Å². The van der Waals surface area contributed by atoms with Gasteiger partial charge < -0.3 is 15.0 Å². The minimum Gasteiger partial charge on any atom is -0.379 e. The van der Waals surface area contributed by atoms with Gasteiger partial charge in [-0.25, -0.2) is 4.98 Å². The lowest BCUT2D eigenvalue weighted by molar-refractivity contribution is 0.0496. The van der Waals surface area contributed by atoms with E-state index in [4.69, 9.17) is 9.72 Å². The van der Waals surface area contributed by atoms with Gasteiger partial charge in [-0.2, -0.15) is 0 Å². The lowest BCUT2D eigenvalue weighted by atomic mass is 9.96. The third kappa shape index (κ3) is 4.68. The molecule has 0 bridgehead atoms. The minimum absolute atomic E-state index is 0.309. The van der Waals surface area contributed by atoms with Crippen LogP contribution in [0.4, 0.5) is 5.82 Å². The summed E-state index contributed by atoms with van der Waals surface area (Å²) in [4.78, 5) is 7.14. The van der Waals surface area contributed by atoms with Crippen LogP contribution in [-0.2, 0) is 11.3 Å². The van der Waals surface area contributed by atoms with Crippen molar-refractivity contribution in [1.29, 1.82) is 0 Å². The molecule has 1 aromatic rings. The molecule has 2 rings (SSSR count). The maximum absolute atomic E-state index is 5.59. The predicted molar refractivity (Wildman–Crippen MR) is 87.6 cm³/mol. The molecule has 1 aromatic heterocycles. The maximum Gasteiger partial charge on any atom is 0.128 e. The molecule has 1 fully saturated rings. The zero-order valence-corrected chi connectivity index (χ0v) is 13.8. The van der Waals surface area contributed by atoms with Gasteiger partial charge >= 0.3 is 0 Å². The summed E-state index contributed by atoms with van der Waals surface area (Å²) in [5, 5.41) is 3.45. The second kappa shape index (κ2) is 7.76. The number of rotatable bonds is 6. The Kier molecular flexibility index (Phi) is 6.00. The van der Waals surface area contributed by atoms with Gasteiger partial charge in [0.15, 0.2) is 0 Å². The van der Waals surface area contributed by atoms with E-state index in [0.717, 1.165) is 44.1 Å². The highest BCUT2D eigenvalue weighted by atomic mass is 16.5. The first-order valence-corrected chi connectivity index (χ1v) is 8.04. The van der Waals surface area contributed by atoms with Gasteiger partial charge in [-0.05, 0) is 36.9 Å². The maximum atomic E-state index is 5.59. The average Bonchev–Trinajstić information content (AvgIpc) is 2.47. The van der Waals surface area contributed by atoms with Gasteiger partial charge in [0.1, 0.15) is 5.82 Å². The summed E-state index contributed by atoms with van der Waals surface area (Å²) in [5.74, 6) is 2.37. The number of hydrogen-bond acceptors (Lipinski definition) is 4. The molecule has 0 aromatic carbocycles. The van der Waals surface area contributed by atoms with E-state index in [1.807, 2.05) is 7.11 Å². The third-order valence-corrected chi connectivity index (χ3v) is 4.17. The Balaban J connectivity index is 1.97. The van der Waals surface area contributed by atoms with E-state index in [9.17, 15) is 0 Å². The normalized spacial score (nSPS) is 22.8. The van der Waals surface area contributed by atoms with Crippen LogP contribution in [0.15, 0.2) is 18.2 Å². The topological polar surface area (TPSA) is 37.4 Å². The molecule has 4 heteroatoms. The quantitative estimate of drug-likeness (QED) is 0.874. The standard InChI is InChI=1S/C17H29N3O/c1-13(2)10-18-11-15-6-5-7-17(19-15)20-9-8-14(3)16(12-20)21-4/h5-7,13-14,16,18H,8-12H2,1-4H3. The van der Waals surface area contributed by atoms with Crippen LogP contribution in [0.1, 0.15) is 32.9 Å². The van der Waals surface area contributed by atoms with Crippen LogP contribution in [0.3, 0.4) is 0 Å². The highest BCUT2D eigenvalue weighted by molar-refractivity contribution is 5.40. The highest BCUT2D eigenvalue weighted by Crippen LogP contribution is 2.23. The Morgan fingerprint density at radius 2 is 2.24 bits per heavy atom. The number of nitrogens with one attached hydrogen (secondary N) is 1. The van der Waals surface area contributed by atoms with Gasteiger partial charge in [-0.3, -0.25) is 0 Å². The molecule has 4 nitrogen and oxygen atoms in total. The second-order valence-corrected chi connectivity index (χ2v) is 6.50. The summed E-state index contributed by atoms with van der Waals surface area (Å²) >= 11 is 0. The summed E-state index contributed by atoms with van der Waals surface area (Å²) in [6, 6.07) is 6.31. The minimum atomic E-state index is 0.309. The van der Waals surface area contributed by atoms with Crippen molar-refractivity contribution < 1.29 is 4.74 Å². The SMILES string of the molecule is COC1CN(c2cccc(CNCC(C)C)n2)CCC1C. The van der Waals surface area contributed by atoms with E-state index in [2.05, 4.69) is 49.2 Å². The Morgan fingerprint density at radius 3 is 2.95 bits per heavy atom. The van der Waals surface area contributed by atoms with Crippen LogP contribution < -0.4 is 10.2 Å². The number of nitrogens with zero attached hydrogens (tertiary/aromatic N) is 2. The van der Waals surface area contributed by atoms with Crippen LogP contribution in [0.5, 0.6) is 0 Å². The van der Waals surface area contributed by atoms with E-state index >= 15 is 0 Å². The predicted octanol–water partition coefficient (Wildman–Crippen LogP) is 2.69. The van der Waals surface area contributed by atoms with Crippen molar-refractivity contribution in [2.45, 2.75) is 39.8 Å². The first kappa shape index (κ1) is 16.2. The zero-order chi connectivity index (χ0) is 15.2. The van der Waals surface area contributed by atoms with Gasteiger partial charge in [-0.1, -0.05) is 26.8 Å². The molecule has 0 radical (unpaired) electrons. The van der Waals surface area contributed by atoms with Crippen molar-refractivity contribution in [2.75, 3.05) is 31.6 Å². The van der Waals surface area contributed by atoms with Crippen molar-refractivity contribution in [3.8, 4) is 0 Å². The fraction of sp³-hybridized carbons (Fsp3) is 0.706. The fourth-order valence-electron chi connectivity index (χ4n) is 2.78. The lowest BCUT2D eigenvalue weighted by Crippen LogP contribution is -2.44. The summed E-state index contributed by atoms with van der Waals surface area (Å²) < 4.78 is 5.59. The van der Waals surface area contributed by atoms with Crippen molar-refractivity contribution in [3.63, 3.8) is 0 Å². The van der Waals surface area contributed by atoms with Crippen molar-refractivity contribution in [2.24, 2.45) is 11.8 Å². The van der Waals surface area contributed by atoms with Crippen molar-refractivity contribution in [1.82, 2.24) is 10.3 Å². The second-order valence-electron chi connectivity index (χ2n) is 6.50. The molecule has 2 unspecified atom stereocenters. The Bertz CT molecular complexity index is 436. The van der Waals surface area contributed by atoms with Crippen molar-refractivity contribution >= 4 is 5.82 Å². The molecule has 0 saturated carbocycles. The Morgan fingerprint density at radius 1 is 1.43 bits per heavy atom. The monoisotopic (exact) mass is 291 g/mol. The summed E-state index contributed by atoms with van der Waals surface area (Å²) in [7, 11) is 1.81. The molecular formula is C17H29N3O. The lowest BCUT2D eigenvalue weighted by Gasteiger charge is -2.37. The molecule has 1 N–H and O–H groups in total. The van der Waals surface area contributed by atoms with Gasteiger partial charge in [0, 0.05) is 26.7 Å². The van der Waals surface area contributed by atoms with Gasteiger partial charge in [0.25, 0.3) is 0 Å². The first-order valence-electron chi connectivity index (χ1n) is 8.04. The summed E-state index contributed by atoms with van der Waals surface area (Å²) in [6.07, 6.45) is 1.47. The summed E-state index contributed by atoms with van der Waals surface area (Å²) in [6.45, 7) is 10.6. The zero-order valence-electron chi connectivity index (χ0n) is 13.8. The molecule has 1 aliphatic rings. The smallest absolute Gasteiger partial charge is 0.128 e. The van der Waals surface area contributed by atoms with Crippen LogP contribution >= 0.6 is 0 Å². The molecule has 118 valence electrons. The van der Waals surface area contributed by atoms with Gasteiger partial charge in [0.2, 0.25) is 0 Å². The van der Waals surface area contributed by atoms with E-state index in [1.54, 1.807) is 0 Å². The Labute approximate surface area is 128 Å². The van der Waals surface area contributed by atoms with Gasteiger partial charge in [-0.15, -0.1) is 0 Å². The van der Waals surface area contributed by atoms with E-state index in [1.165, 1.54) is 0 Å². The molecule has 1 aliphatic heterocycles. The van der Waals surface area contributed by atoms with Crippen LogP contribution in [-0.4, -0.2) is 37.8 Å². The average molecular weight is 291 g/mol. The number of methoxy groups -OCH3 is 1. The molecule has 2 heterocycles. The number of aromatic nitrogens is 1. The van der Waals surface area contributed by atoms with Crippen molar-refractivity contribution in [3.05, 3.63) is 23.9 Å². The molecular weight excluding hydrogens is 262 g/mol. The molecule has 0 spiro atoms.